The van der Waals surface area contributed by atoms with Gasteiger partial charge in [0.1, 0.15) is 0 Å². The molecule has 0 aromatic rings. The van der Waals surface area contributed by atoms with Gasteiger partial charge < -0.3 is 9.84 Å². The Balaban J connectivity index is 2.43. The minimum Gasteiger partial charge on any atom is -0.478 e. The van der Waals surface area contributed by atoms with Gasteiger partial charge in [0.2, 0.25) is 0 Å². The molecular formula is C16H24O3. The van der Waals surface area contributed by atoms with E-state index in [1.54, 1.807) is 7.11 Å². The van der Waals surface area contributed by atoms with E-state index in [2.05, 4.69) is 20.8 Å². The van der Waals surface area contributed by atoms with Crippen LogP contribution in [0.25, 0.3) is 0 Å². The van der Waals surface area contributed by atoms with Crippen LogP contribution in [0.4, 0.5) is 0 Å². The first kappa shape index (κ1) is 14.3. The van der Waals surface area contributed by atoms with Gasteiger partial charge in [-0.05, 0) is 38.0 Å². The minimum absolute atomic E-state index is 0.287. The third-order valence-corrected chi connectivity index (χ3v) is 4.76. The number of carboxylic acid groups (broad SMARTS) is 1. The van der Waals surface area contributed by atoms with Crippen molar-refractivity contribution in [1.82, 2.24) is 0 Å². The van der Waals surface area contributed by atoms with E-state index in [0.29, 0.717) is 23.3 Å². The molecule has 0 saturated heterocycles. The van der Waals surface area contributed by atoms with Crippen molar-refractivity contribution in [3.63, 3.8) is 0 Å². The number of aliphatic carboxylic acids is 1. The third kappa shape index (κ3) is 2.62. The number of hydrogen-bond donors (Lipinski definition) is 1. The molecule has 3 nitrogen and oxygen atoms in total. The fourth-order valence-electron chi connectivity index (χ4n) is 3.58. The molecule has 3 unspecified atom stereocenters. The number of ether oxygens (including phenoxy) is 1. The highest BCUT2D eigenvalue weighted by Gasteiger charge is 2.38. The van der Waals surface area contributed by atoms with Gasteiger partial charge in [-0.3, -0.25) is 0 Å². The molecule has 2 rings (SSSR count). The Bertz CT molecular complexity index is 431. The van der Waals surface area contributed by atoms with E-state index < -0.39 is 5.97 Å². The van der Waals surface area contributed by atoms with Crippen molar-refractivity contribution in [1.29, 1.82) is 0 Å². The van der Waals surface area contributed by atoms with Gasteiger partial charge in [-0.1, -0.05) is 31.1 Å². The molecule has 2 aliphatic carbocycles. The maximum atomic E-state index is 11.4. The molecule has 0 aliphatic heterocycles. The summed E-state index contributed by atoms with van der Waals surface area (Å²) >= 11 is 0. The standard InChI is InChI=1S/C16H24O3/c1-9(2)11-6-5-10(3)12-8-15(19-4)14(16(17)18)7-13(11)12/h7,9,11,13,15H,5-6,8H2,1-4H3,(H,17,18). The number of methoxy groups -OCH3 is 1. The molecule has 0 aromatic heterocycles. The lowest BCUT2D eigenvalue weighted by Gasteiger charge is -2.40. The molecule has 19 heavy (non-hydrogen) atoms. The summed E-state index contributed by atoms with van der Waals surface area (Å²) in [6, 6.07) is 0. The first-order valence-electron chi connectivity index (χ1n) is 7.12. The van der Waals surface area contributed by atoms with Crippen LogP contribution in [0.2, 0.25) is 0 Å². The Kier molecular flexibility index (Phi) is 4.14. The molecule has 106 valence electrons. The molecule has 0 spiro atoms. The Morgan fingerprint density at radius 2 is 2.16 bits per heavy atom. The molecule has 0 fully saturated rings. The molecule has 0 bridgehead atoms. The van der Waals surface area contributed by atoms with E-state index in [0.717, 1.165) is 12.8 Å². The highest BCUT2D eigenvalue weighted by molar-refractivity contribution is 5.88. The largest absolute Gasteiger partial charge is 0.478 e. The first-order valence-corrected chi connectivity index (χ1v) is 7.12. The fraction of sp³-hybridized carbons (Fsp3) is 0.688. The lowest BCUT2D eigenvalue weighted by atomic mass is 9.66. The van der Waals surface area contributed by atoms with Gasteiger partial charge in [-0.15, -0.1) is 0 Å². The summed E-state index contributed by atoms with van der Waals surface area (Å²) in [4.78, 5) is 11.4. The summed E-state index contributed by atoms with van der Waals surface area (Å²) in [5.41, 5.74) is 3.29. The highest BCUT2D eigenvalue weighted by Crippen LogP contribution is 2.45. The summed E-state index contributed by atoms with van der Waals surface area (Å²) in [5.74, 6) is 0.604. The molecule has 1 N–H and O–H groups in total. The Morgan fingerprint density at radius 3 is 2.68 bits per heavy atom. The second-order valence-corrected chi connectivity index (χ2v) is 6.13. The Morgan fingerprint density at radius 1 is 1.47 bits per heavy atom. The molecule has 3 heteroatoms. The lowest BCUT2D eigenvalue weighted by Crippen LogP contribution is -2.34. The molecule has 0 saturated carbocycles. The molecular weight excluding hydrogens is 240 g/mol. The smallest absolute Gasteiger partial charge is 0.333 e. The third-order valence-electron chi connectivity index (χ3n) is 4.76. The van der Waals surface area contributed by atoms with Crippen LogP contribution in [0.5, 0.6) is 0 Å². The number of carbonyl (C=O) groups is 1. The zero-order valence-electron chi connectivity index (χ0n) is 12.3. The molecule has 0 amide bonds. The first-order chi connectivity index (χ1) is 8.95. The van der Waals surface area contributed by atoms with Crippen molar-refractivity contribution in [2.45, 2.75) is 46.1 Å². The van der Waals surface area contributed by atoms with Crippen LogP contribution < -0.4 is 0 Å². The molecule has 0 heterocycles. The van der Waals surface area contributed by atoms with E-state index in [1.807, 2.05) is 6.08 Å². The number of rotatable bonds is 3. The van der Waals surface area contributed by atoms with Gasteiger partial charge in [0.25, 0.3) is 0 Å². The summed E-state index contributed by atoms with van der Waals surface area (Å²) in [7, 11) is 1.60. The van der Waals surface area contributed by atoms with Gasteiger partial charge >= 0.3 is 5.97 Å². The minimum atomic E-state index is -0.836. The summed E-state index contributed by atoms with van der Waals surface area (Å²) in [6.45, 7) is 6.66. The van der Waals surface area contributed by atoms with E-state index in [4.69, 9.17) is 4.74 Å². The van der Waals surface area contributed by atoms with Crippen molar-refractivity contribution >= 4 is 5.97 Å². The predicted octanol–water partition coefficient (Wildman–Crippen LogP) is 3.41. The van der Waals surface area contributed by atoms with Gasteiger partial charge in [0, 0.05) is 13.0 Å². The molecule has 3 atom stereocenters. The van der Waals surface area contributed by atoms with Crippen LogP contribution in [-0.2, 0) is 9.53 Å². The van der Waals surface area contributed by atoms with Gasteiger partial charge in [-0.2, -0.15) is 0 Å². The van der Waals surface area contributed by atoms with Crippen molar-refractivity contribution in [3.05, 3.63) is 22.8 Å². The fourth-order valence-corrected chi connectivity index (χ4v) is 3.58. The van der Waals surface area contributed by atoms with Crippen molar-refractivity contribution < 1.29 is 14.6 Å². The Labute approximate surface area is 115 Å². The maximum absolute atomic E-state index is 11.4. The summed E-state index contributed by atoms with van der Waals surface area (Å²) in [5, 5.41) is 9.36. The molecule has 0 aromatic carbocycles. The Hall–Kier alpha value is -1.09. The topological polar surface area (TPSA) is 46.5 Å². The highest BCUT2D eigenvalue weighted by atomic mass is 16.5. The van der Waals surface area contributed by atoms with Crippen LogP contribution in [0.3, 0.4) is 0 Å². The van der Waals surface area contributed by atoms with E-state index in [1.165, 1.54) is 17.6 Å². The number of allylic oxidation sites excluding steroid dienone is 2. The van der Waals surface area contributed by atoms with Crippen molar-refractivity contribution in [3.8, 4) is 0 Å². The van der Waals surface area contributed by atoms with Crippen LogP contribution in [0.15, 0.2) is 22.8 Å². The summed E-state index contributed by atoms with van der Waals surface area (Å²) in [6.07, 6.45) is 4.72. The second-order valence-electron chi connectivity index (χ2n) is 6.13. The van der Waals surface area contributed by atoms with Gasteiger partial charge in [0.15, 0.2) is 0 Å². The number of hydrogen-bond acceptors (Lipinski definition) is 2. The normalized spacial score (nSPS) is 31.2. The van der Waals surface area contributed by atoms with Gasteiger partial charge in [-0.25, -0.2) is 4.79 Å². The van der Waals surface area contributed by atoms with Crippen molar-refractivity contribution in [2.75, 3.05) is 7.11 Å². The van der Waals surface area contributed by atoms with Crippen molar-refractivity contribution in [2.24, 2.45) is 17.8 Å². The zero-order chi connectivity index (χ0) is 14.2. The summed E-state index contributed by atoms with van der Waals surface area (Å²) < 4.78 is 5.37. The monoisotopic (exact) mass is 264 g/mol. The zero-order valence-corrected chi connectivity index (χ0v) is 12.3. The quantitative estimate of drug-likeness (QED) is 0.794. The lowest BCUT2D eigenvalue weighted by molar-refractivity contribution is -0.134. The molecule has 2 aliphatic rings. The van der Waals surface area contributed by atoms with E-state index >= 15 is 0 Å². The van der Waals surface area contributed by atoms with Crippen LogP contribution in [-0.4, -0.2) is 24.3 Å². The SMILES string of the molecule is COC1CC2=C(C)CCC(C(C)C)C2C=C1C(=O)O. The van der Waals surface area contributed by atoms with Crippen LogP contribution in [0, 0.1) is 17.8 Å². The average Bonchev–Trinajstić information content (AvgIpc) is 2.37. The number of fused-ring (bicyclic) bond motifs is 1. The van der Waals surface area contributed by atoms with Gasteiger partial charge in [0.05, 0.1) is 11.7 Å². The molecule has 0 radical (unpaired) electrons. The average molecular weight is 264 g/mol. The maximum Gasteiger partial charge on any atom is 0.333 e. The van der Waals surface area contributed by atoms with E-state index in [9.17, 15) is 9.90 Å². The van der Waals surface area contributed by atoms with E-state index in [-0.39, 0.29) is 6.10 Å². The number of carboxylic acids is 1. The second kappa shape index (κ2) is 5.49. The predicted molar refractivity (Wildman–Crippen MR) is 74.9 cm³/mol. The van der Waals surface area contributed by atoms with Crippen LogP contribution in [0.1, 0.15) is 40.0 Å². The van der Waals surface area contributed by atoms with Crippen LogP contribution >= 0.6 is 0 Å².